The van der Waals surface area contributed by atoms with Crippen molar-refractivity contribution in [2.75, 3.05) is 20.3 Å². The quantitative estimate of drug-likeness (QED) is 0.730. The van der Waals surface area contributed by atoms with Crippen LogP contribution in [-0.4, -0.2) is 32.2 Å². The van der Waals surface area contributed by atoms with Crippen LogP contribution in [0.25, 0.3) is 0 Å². The fraction of sp³-hybridized carbons (Fsp3) is 0.222. The van der Waals surface area contributed by atoms with Gasteiger partial charge in [-0.05, 0) is 42.0 Å². The van der Waals surface area contributed by atoms with Crippen LogP contribution in [0.15, 0.2) is 48.5 Å². The van der Waals surface area contributed by atoms with Crippen LogP contribution in [0.2, 0.25) is 5.02 Å². The summed E-state index contributed by atoms with van der Waals surface area (Å²) in [6, 6.07) is 13.9. The summed E-state index contributed by atoms with van der Waals surface area (Å²) in [4.78, 5) is 23.3. The van der Waals surface area contributed by atoms with Gasteiger partial charge in [-0.1, -0.05) is 23.7 Å². The van der Waals surface area contributed by atoms with Crippen molar-refractivity contribution >= 4 is 23.5 Å². The normalized spacial score (nSPS) is 10.0. The number of carbonyl (C=O) groups is 2. The Morgan fingerprint density at radius 3 is 2.52 bits per heavy atom. The van der Waals surface area contributed by atoms with Crippen molar-refractivity contribution in [3.05, 3.63) is 59.1 Å². The van der Waals surface area contributed by atoms with Crippen LogP contribution in [0.5, 0.6) is 11.5 Å². The molecule has 0 fully saturated rings. The van der Waals surface area contributed by atoms with Crippen molar-refractivity contribution < 1.29 is 23.8 Å². The molecule has 0 bridgehead atoms. The Labute approximate surface area is 150 Å². The Kier molecular flexibility index (Phi) is 7.10. The number of methoxy groups -OCH3 is 1. The smallest absolute Gasteiger partial charge is 0.344 e. The number of ether oxygens (including phenoxy) is 3. The fourth-order valence-corrected chi connectivity index (χ4v) is 2.02. The van der Waals surface area contributed by atoms with Gasteiger partial charge in [-0.25, -0.2) is 4.79 Å². The fourth-order valence-electron chi connectivity index (χ4n) is 1.89. The lowest BCUT2D eigenvalue weighted by Crippen LogP contribution is -2.29. The van der Waals surface area contributed by atoms with Crippen LogP contribution >= 0.6 is 11.6 Å². The molecule has 25 heavy (non-hydrogen) atoms. The lowest BCUT2D eigenvalue weighted by molar-refractivity contribution is -0.150. The molecule has 0 aliphatic rings. The molecule has 2 aromatic rings. The number of hydrogen-bond donors (Lipinski definition) is 1. The molecule has 0 heterocycles. The van der Waals surface area contributed by atoms with Gasteiger partial charge in [0, 0.05) is 11.6 Å². The van der Waals surface area contributed by atoms with E-state index in [2.05, 4.69) is 5.32 Å². The molecule has 7 heteroatoms. The van der Waals surface area contributed by atoms with Crippen molar-refractivity contribution in [1.29, 1.82) is 0 Å². The van der Waals surface area contributed by atoms with Crippen LogP contribution in [0.4, 0.5) is 0 Å². The minimum atomic E-state index is -0.633. The molecule has 0 radical (unpaired) electrons. The van der Waals surface area contributed by atoms with Gasteiger partial charge in [0.1, 0.15) is 11.5 Å². The topological polar surface area (TPSA) is 73.9 Å². The Morgan fingerprint density at radius 1 is 1.04 bits per heavy atom. The molecule has 0 saturated carbocycles. The maximum absolute atomic E-state index is 11.7. The summed E-state index contributed by atoms with van der Waals surface area (Å²) < 4.78 is 15.2. The lowest BCUT2D eigenvalue weighted by atomic mass is 10.2. The van der Waals surface area contributed by atoms with E-state index in [1.54, 1.807) is 31.4 Å². The summed E-state index contributed by atoms with van der Waals surface area (Å²) in [6.45, 7) is -0.341. The molecule has 1 N–H and O–H groups in total. The van der Waals surface area contributed by atoms with E-state index in [4.69, 9.17) is 25.8 Å². The molecule has 0 spiro atoms. The Morgan fingerprint density at radius 2 is 1.80 bits per heavy atom. The summed E-state index contributed by atoms with van der Waals surface area (Å²) in [5, 5.41) is 3.23. The first kappa shape index (κ1) is 18.6. The maximum atomic E-state index is 11.7. The summed E-state index contributed by atoms with van der Waals surface area (Å²) in [5.74, 6) is 0.162. The minimum absolute atomic E-state index is 0.287. The van der Waals surface area contributed by atoms with Gasteiger partial charge in [-0.3, -0.25) is 4.79 Å². The summed E-state index contributed by atoms with van der Waals surface area (Å²) >= 11 is 5.75. The number of benzene rings is 2. The van der Waals surface area contributed by atoms with Crippen LogP contribution in [-0.2, 0) is 20.9 Å². The second kappa shape index (κ2) is 9.54. The SMILES string of the molecule is COc1cccc(CNC(=O)COC(=O)COc2ccc(Cl)cc2)c1. The number of amides is 1. The predicted octanol–water partition coefficient (Wildman–Crippen LogP) is 2.59. The lowest BCUT2D eigenvalue weighted by Gasteiger charge is -2.08. The minimum Gasteiger partial charge on any atom is -0.497 e. The van der Waals surface area contributed by atoms with E-state index in [1.807, 2.05) is 24.3 Å². The predicted molar refractivity (Wildman–Crippen MR) is 92.7 cm³/mol. The average molecular weight is 364 g/mol. The van der Waals surface area contributed by atoms with Crippen molar-refractivity contribution in [3.8, 4) is 11.5 Å². The van der Waals surface area contributed by atoms with Gasteiger partial charge in [-0.15, -0.1) is 0 Å². The van der Waals surface area contributed by atoms with Gasteiger partial charge in [0.15, 0.2) is 13.2 Å². The van der Waals surface area contributed by atoms with Crippen molar-refractivity contribution in [3.63, 3.8) is 0 Å². The van der Waals surface area contributed by atoms with Gasteiger partial charge >= 0.3 is 5.97 Å². The zero-order valence-corrected chi connectivity index (χ0v) is 14.4. The van der Waals surface area contributed by atoms with Crippen LogP contribution in [0, 0.1) is 0 Å². The Balaban J connectivity index is 1.66. The van der Waals surface area contributed by atoms with Gasteiger partial charge < -0.3 is 19.5 Å². The van der Waals surface area contributed by atoms with E-state index in [0.717, 1.165) is 5.56 Å². The number of rotatable bonds is 8. The molecule has 0 aliphatic carbocycles. The van der Waals surface area contributed by atoms with Crippen molar-refractivity contribution in [1.82, 2.24) is 5.32 Å². The van der Waals surface area contributed by atoms with E-state index in [-0.39, 0.29) is 13.2 Å². The maximum Gasteiger partial charge on any atom is 0.344 e. The zero-order chi connectivity index (χ0) is 18.1. The highest BCUT2D eigenvalue weighted by Crippen LogP contribution is 2.15. The standard InChI is InChI=1S/C18H18ClNO5/c1-23-16-4-2-3-13(9-16)10-20-17(21)11-25-18(22)12-24-15-7-5-14(19)6-8-15/h2-9H,10-12H2,1H3,(H,20,21). The molecule has 1 amide bonds. The second-order valence-electron chi connectivity index (χ2n) is 5.03. The van der Waals surface area contributed by atoms with E-state index in [9.17, 15) is 9.59 Å². The van der Waals surface area contributed by atoms with E-state index < -0.39 is 11.9 Å². The molecule has 0 saturated heterocycles. The number of esters is 1. The van der Waals surface area contributed by atoms with Gasteiger partial charge in [0.2, 0.25) is 0 Å². The third kappa shape index (κ3) is 6.73. The largest absolute Gasteiger partial charge is 0.497 e. The third-order valence-corrected chi connectivity index (χ3v) is 3.41. The molecule has 0 aromatic heterocycles. The highest BCUT2D eigenvalue weighted by molar-refractivity contribution is 6.30. The Bertz CT molecular complexity index is 718. The van der Waals surface area contributed by atoms with Gasteiger partial charge in [0.25, 0.3) is 5.91 Å². The zero-order valence-electron chi connectivity index (χ0n) is 13.7. The number of halogens is 1. The molecule has 2 aromatic carbocycles. The molecule has 0 atom stereocenters. The number of hydrogen-bond acceptors (Lipinski definition) is 5. The monoisotopic (exact) mass is 363 g/mol. The highest BCUT2D eigenvalue weighted by Gasteiger charge is 2.08. The van der Waals surface area contributed by atoms with Crippen molar-refractivity contribution in [2.45, 2.75) is 6.54 Å². The van der Waals surface area contributed by atoms with E-state index in [0.29, 0.717) is 23.1 Å². The molecular weight excluding hydrogens is 346 g/mol. The molecule has 6 nitrogen and oxygen atoms in total. The van der Waals surface area contributed by atoms with Crippen LogP contribution in [0.1, 0.15) is 5.56 Å². The molecule has 132 valence electrons. The Hall–Kier alpha value is -2.73. The summed E-state index contributed by atoms with van der Waals surface area (Å²) in [5.41, 5.74) is 0.880. The van der Waals surface area contributed by atoms with Crippen molar-refractivity contribution in [2.24, 2.45) is 0 Å². The highest BCUT2D eigenvalue weighted by atomic mass is 35.5. The number of carbonyl (C=O) groups excluding carboxylic acids is 2. The average Bonchev–Trinajstić information content (AvgIpc) is 2.64. The third-order valence-electron chi connectivity index (χ3n) is 3.16. The van der Waals surface area contributed by atoms with Gasteiger partial charge in [-0.2, -0.15) is 0 Å². The first-order valence-corrected chi connectivity index (χ1v) is 7.88. The van der Waals surface area contributed by atoms with E-state index >= 15 is 0 Å². The molecule has 0 unspecified atom stereocenters. The number of nitrogens with one attached hydrogen (secondary N) is 1. The molecule has 0 aliphatic heterocycles. The first-order valence-electron chi connectivity index (χ1n) is 7.50. The van der Waals surface area contributed by atoms with Gasteiger partial charge in [0.05, 0.1) is 7.11 Å². The summed E-state index contributed by atoms with van der Waals surface area (Å²) in [6.07, 6.45) is 0. The van der Waals surface area contributed by atoms with Crippen LogP contribution in [0.3, 0.4) is 0 Å². The first-order chi connectivity index (χ1) is 12.1. The van der Waals surface area contributed by atoms with E-state index in [1.165, 1.54) is 0 Å². The summed E-state index contributed by atoms with van der Waals surface area (Å²) in [7, 11) is 1.57. The van der Waals surface area contributed by atoms with Crippen LogP contribution < -0.4 is 14.8 Å². The second-order valence-corrected chi connectivity index (χ2v) is 5.47. The molecule has 2 rings (SSSR count). The molecular formula is C18H18ClNO5.